The van der Waals surface area contributed by atoms with Gasteiger partial charge in [0.1, 0.15) is 0 Å². The first-order valence-electron chi connectivity index (χ1n) is 7.62. The lowest BCUT2D eigenvalue weighted by molar-refractivity contribution is 0.0686. The van der Waals surface area contributed by atoms with Crippen LogP contribution in [0.2, 0.25) is 0 Å². The van der Waals surface area contributed by atoms with E-state index in [-0.39, 0.29) is 11.6 Å². The molecule has 0 heterocycles. The lowest BCUT2D eigenvalue weighted by atomic mass is 9.74. The summed E-state index contributed by atoms with van der Waals surface area (Å²) in [6.07, 6.45) is 8.74. The second-order valence-corrected chi connectivity index (χ2v) is 6.19. The second kappa shape index (κ2) is 6.53. The summed E-state index contributed by atoms with van der Waals surface area (Å²) < 4.78 is 0. The van der Waals surface area contributed by atoms with E-state index in [4.69, 9.17) is 5.73 Å². The lowest BCUT2D eigenvalue weighted by Crippen LogP contribution is -2.58. The summed E-state index contributed by atoms with van der Waals surface area (Å²) in [6.45, 7) is 0. The summed E-state index contributed by atoms with van der Waals surface area (Å²) in [4.78, 5) is 2.39. The third-order valence-corrected chi connectivity index (χ3v) is 4.89. The van der Waals surface area contributed by atoms with Crippen LogP contribution in [-0.2, 0) is 6.42 Å². The highest BCUT2D eigenvalue weighted by Crippen LogP contribution is 2.35. The number of nitrogens with two attached hydrogens (primary N) is 1. The van der Waals surface area contributed by atoms with Gasteiger partial charge in [-0.15, -0.1) is 0 Å². The fourth-order valence-electron chi connectivity index (χ4n) is 3.55. The molecule has 1 fully saturated rings. The summed E-state index contributed by atoms with van der Waals surface area (Å²) in [6, 6.07) is 11.0. The molecule has 0 aliphatic heterocycles. The van der Waals surface area contributed by atoms with Gasteiger partial charge >= 0.3 is 0 Å². The molecule has 0 aromatic heterocycles. The number of benzene rings is 1. The number of hydrogen-bond acceptors (Lipinski definition) is 2. The SMILES string of the molecule is CN(C)C1(C(N)CCc2ccccc2)CCCCC1. The van der Waals surface area contributed by atoms with Gasteiger partial charge in [-0.2, -0.15) is 0 Å². The molecule has 19 heavy (non-hydrogen) atoms. The summed E-state index contributed by atoms with van der Waals surface area (Å²) in [5, 5.41) is 0. The Bertz CT molecular complexity index is 366. The fraction of sp³-hybridized carbons (Fsp3) is 0.647. The largest absolute Gasteiger partial charge is 0.326 e. The molecule has 1 atom stereocenters. The van der Waals surface area contributed by atoms with Crippen molar-refractivity contribution in [1.29, 1.82) is 0 Å². The van der Waals surface area contributed by atoms with Crippen molar-refractivity contribution in [2.24, 2.45) is 5.73 Å². The monoisotopic (exact) mass is 260 g/mol. The molecule has 0 radical (unpaired) electrons. The maximum Gasteiger partial charge on any atom is 0.0354 e. The van der Waals surface area contributed by atoms with E-state index in [1.54, 1.807) is 0 Å². The molecule has 0 bridgehead atoms. The third-order valence-electron chi connectivity index (χ3n) is 4.89. The van der Waals surface area contributed by atoms with Gasteiger partial charge in [-0.3, -0.25) is 0 Å². The molecule has 1 unspecified atom stereocenters. The van der Waals surface area contributed by atoms with Gasteiger partial charge in [0.25, 0.3) is 0 Å². The van der Waals surface area contributed by atoms with Crippen LogP contribution in [0.4, 0.5) is 0 Å². The Morgan fingerprint density at radius 3 is 2.32 bits per heavy atom. The number of aryl methyl sites for hydroxylation is 1. The second-order valence-electron chi connectivity index (χ2n) is 6.19. The molecule has 1 aromatic carbocycles. The summed E-state index contributed by atoms with van der Waals surface area (Å²) in [7, 11) is 4.40. The van der Waals surface area contributed by atoms with Crippen LogP contribution in [-0.4, -0.2) is 30.6 Å². The topological polar surface area (TPSA) is 29.3 Å². The minimum absolute atomic E-state index is 0.229. The smallest absolute Gasteiger partial charge is 0.0354 e. The quantitative estimate of drug-likeness (QED) is 0.881. The van der Waals surface area contributed by atoms with Gasteiger partial charge in [-0.05, 0) is 45.3 Å². The Hall–Kier alpha value is -0.860. The lowest BCUT2D eigenvalue weighted by Gasteiger charge is -2.47. The van der Waals surface area contributed by atoms with Crippen molar-refractivity contribution in [3.05, 3.63) is 35.9 Å². The normalized spacial score (nSPS) is 20.4. The van der Waals surface area contributed by atoms with Crippen molar-refractivity contribution < 1.29 is 0 Å². The van der Waals surface area contributed by atoms with Crippen molar-refractivity contribution in [2.75, 3.05) is 14.1 Å². The van der Waals surface area contributed by atoms with Crippen LogP contribution in [0.25, 0.3) is 0 Å². The number of nitrogens with zero attached hydrogens (tertiary/aromatic N) is 1. The summed E-state index contributed by atoms with van der Waals surface area (Å²) >= 11 is 0. The predicted octanol–water partition coefficient (Wildman–Crippen LogP) is 3.21. The standard InChI is InChI=1S/C17H28N2/c1-19(2)17(13-7-4-8-14-17)16(18)12-11-15-9-5-3-6-10-15/h3,5-6,9-10,16H,4,7-8,11-14,18H2,1-2H3. The van der Waals surface area contributed by atoms with Gasteiger partial charge in [0.2, 0.25) is 0 Å². The summed E-state index contributed by atoms with van der Waals surface area (Å²) in [5.74, 6) is 0. The highest BCUT2D eigenvalue weighted by molar-refractivity contribution is 5.15. The molecule has 1 aliphatic rings. The molecule has 106 valence electrons. The van der Waals surface area contributed by atoms with Crippen molar-refractivity contribution in [3.63, 3.8) is 0 Å². The van der Waals surface area contributed by atoms with Crippen molar-refractivity contribution >= 4 is 0 Å². The fourth-order valence-corrected chi connectivity index (χ4v) is 3.55. The molecule has 1 aromatic rings. The average Bonchev–Trinajstić information content (AvgIpc) is 2.46. The molecule has 1 saturated carbocycles. The van der Waals surface area contributed by atoms with Crippen LogP contribution in [0.1, 0.15) is 44.1 Å². The maximum atomic E-state index is 6.59. The van der Waals surface area contributed by atoms with E-state index >= 15 is 0 Å². The van der Waals surface area contributed by atoms with E-state index in [9.17, 15) is 0 Å². The Kier molecular flexibility index (Phi) is 5.00. The Balaban J connectivity index is 1.98. The first-order valence-corrected chi connectivity index (χ1v) is 7.62. The Morgan fingerprint density at radius 2 is 1.74 bits per heavy atom. The highest BCUT2D eigenvalue weighted by atomic mass is 15.2. The first-order chi connectivity index (χ1) is 9.15. The number of likely N-dealkylation sites (N-methyl/N-ethyl adjacent to an activating group) is 1. The Labute approximate surface area is 118 Å². The van der Waals surface area contributed by atoms with E-state index in [2.05, 4.69) is 49.3 Å². The van der Waals surface area contributed by atoms with Crippen LogP contribution in [0, 0.1) is 0 Å². The zero-order valence-electron chi connectivity index (χ0n) is 12.4. The van der Waals surface area contributed by atoms with E-state index in [1.165, 1.54) is 37.7 Å². The summed E-state index contributed by atoms with van der Waals surface area (Å²) in [5.41, 5.74) is 8.22. The van der Waals surface area contributed by atoms with Crippen LogP contribution in [0.5, 0.6) is 0 Å². The van der Waals surface area contributed by atoms with E-state index in [0.717, 1.165) is 12.8 Å². The molecule has 0 amide bonds. The van der Waals surface area contributed by atoms with Gasteiger partial charge in [0.15, 0.2) is 0 Å². The molecular weight excluding hydrogens is 232 g/mol. The zero-order valence-corrected chi connectivity index (χ0v) is 12.4. The van der Waals surface area contributed by atoms with Crippen LogP contribution in [0.3, 0.4) is 0 Å². The average molecular weight is 260 g/mol. The molecule has 0 saturated heterocycles. The predicted molar refractivity (Wildman–Crippen MR) is 82.2 cm³/mol. The molecule has 2 N–H and O–H groups in total. The molecular formula is C17H28N2. The maximum absolute atomic E-state index is 6.59. The zero-order chi connectivity index (χ0) is 13.7. The van der Waals surface area contributed by atoms with Crippen LogP contribution < -0.4 is 5.73 Å². The van der Waals surface area contributed by atoms with E-state index < -0.39 is 0 Å². The van der Waals surface area contributed by atoms with Gasteiger partial charge in [-0.25, -0.2) is 0 Å². The van der Waals surface area contributed by atoms with Gasteiger partial charge in [-0.1, -0.05) is 49.6 Å². The van der Waals surface area contributed by atoms with Gasteiger partial charge in [0.05, 0.1) is 0 Å². The molecule has 2 nitrogen and oxygen atoms in total. The van der Waals surface area contributed by atoms with Crippen LogP contribution >= 0.6 is 0 Å². The minimum Gasteiger partial charge on any atom is -0.326 e. The van der Waals surface area contributed by atoms with Crippen molar-refractivity contribution in [3.8, 4) is 0 Å². The highest BCUT2D eigenvalue weighted by Gasteiger charge is 2.39. The molecule has 1 aliphatic carbocycles. The van der Waals surface area contributed by atoms with E-state index in [0.29, 0.717) is 0 Å². The molecule has 0 spiro atoms. The first kappa shape index (κ1) is 14.5. The van der Waals surface area contributed by atoms with E-state index in [1.807, 2.05) is 0 Å². The number of rotatable bonds is 5. The van der Waals surface area contributed by atoms with Crippen molar-refractivity contribution in [1.82, 2.24) is 4.90 Å². The molecule has 2 rings (SSSR count). The number of hydrogen-bond donors (Lipinski definition) is 1. The van der Waals surface area contributed by atoms with Crippen LogP contribution in [0.15, 0.2) is 30.3 Å². The Morgan fingerprint density at radius 1 is 1.11 bits per heavy atom. The van der Waals surface area contributed by atoms with Gasteiger partial charge < -0.3 is 10.6 Å². The third kappa shape index (κ3) is 3.37. The van der Waals surface area contributed by atoms with Crippen molar-refractivity contribution in [2.45, 2.75) is 56.5 Å². The molecule has 2 heteroatoms. The minimum atomic E-state index is 0.229. The van der Waals surface area contributed by atoms with Gasteiger partial charge in [0, 0.05) is 11.6 Å².